The molecule has 8 heteroatoms. The predicted molar refractivity (Wildman–Crippen MR) is 87.0 cm³/mol. The van der Waals surface area contributed by atoms with Gasteiger partial charge in [-0.25, -0.2) is 4.79 Å². The second kappa shape index (κ2) is 11.2. The Labute approximate surface area is 138 Å². The lowest BCUT2D eigenvalue weighted by Gasteiger charge is -2.28. The molecule has 0 aliphatic heterocycles. The van der Waals surface area contributed by atoms with Gasteiger partial charge >= 0.3 is 14.9 Å². The van der Waals surface area contributed by atoms with Crippen LogP contribution in [0.4, 0.5) is 4.79 Å². The summed E-state index contributed by atoms with van der Waals surface area (Å²) in [6.45, 7) is 7.99. The van der Waals surface area contributed by atoms with Crippen molar-refractivity contribution >= 4 is 14.9 Å². The van der Waals surface area contributed by atoms with E-state index >= 15 is 0 Å². The molecule has 0 saturated heterocycles. The van der Waals surface area contributed by atoms with Gasteiger partial charge in [0.25, 0.3) is 0 Å². The van der Waals surface area contributed by atoms with E-state index in [4.69, 9.17) is 22.4 Å². The van der Waals surface area contributed by atoms with Crippen LogP contribution in [0.5, 0.6) is 0 Å². The fourth-order valence-electron chi connectivity index (χ4n) is 2.08. The van der Waals surface area contributed by atoms with Gasteiger partial charge in [0.2, 0.25) is 0 Å². The van der Waals surface area contributed by atoms with Gasteiger partial charge < -0.3 is 27.7 Å². The Morgan fingerprint density at radius 1 is 1.17 bits per heavy atom. The first-order chi connectivity index (χ1) is 11.2. The van der Waals surface area contributed by atoms with E-state index in [0.29, 0.717) is 44.6 Å². The molecule has 0 aromatic carbocycles. The highest BCUT2D eigenvalue weighted by Gasteiger charge is 2.39. The van der Waals surface area contributed by atoms with Crippen molar-refractivity contribution < 1.29 is 27.2 Å². The molecule has 0 radical (unpaired) electrons. The predicted octanol–water partition coefficient (Wildman–Crippen LogP) is 2.94. The van der Waals surface area contributed by atoms with Crippen molar-refractivity contribution in [2.45, 2.75) is 39.8 Å². The summed E-state index contributed by atoms with van der Waals surface area (Å²) in [5, 5.41) is 2.70. The van der Waals surface area contributed by atoms with Crippen molar-refractivity contribution in [3.8, 4) is 0 Å². The molecular formula is C15H27NO6Si. The molecule has 0 unspecified atom stereocenters. The molecule has 132 valence electrons. The van der Waals surface area contributed by atoms with Gasteiger partial charge in [0.1, 0.15) is 5.76 Å². The van der Waals surface area contributed by atoms with Crippen LogP contribution < -0.4 is 5.32 Å². The standard InChI is InChI=1S/C15H27NO6Si/c1-4-20-23(21-5-2,22-6-3)12-8-10-16-15(17)19-13-14-9-7-11-18-14/h7,9,11H,4-6,8,10,12-13H2,1-3H3,(H,16,17). The SMILES string of the molecule is CCO[Si](CCCNC(=O)OCc1ccco1)(OCC)OCC. The lowest BCUT2D eigenvalue weighted by atomic mass is 10.5. The number of furan rings is 1. The Morgan fingerprint density at radius 3 is 2.35 bits per heavy atom. The molecule has 0 bridgehead atoms. The van der Waals surface area contributed by atoms with Gasteiger partial charge in [0, 0.05) is 32.4 Å². The van der Waals surface area contributed by atoms with E-state index in [0.717, 1.165) is 0 Å². The molecule has 1 aromatic rings. The minimum Gasteiger partial charge on any atom is -0.466 e. The summed E-state index contributed by atoms with van der Waals surface area (Å²) in [5.74, 6) is 0.607. The van der Waals surface area contributed by atoms with Crippen molar-refractivity contribution in [3.63, 3.8) is 0 Å². The van der Waals surface area contributed by atoms with E-state index < -0.39 is 14.9 Å². The van der Waals surface area contributed by atoms with Crippen molar-refractivity contribution in [2.24, 2.45) is 0 Å². The Balaban J connectivity index is 2.27. The maximum absolute atomic E-state index is 11.6. The molecule has 0 spiro atoms. The Hall–Kier alpha value is -1.35. The van der Waals surface area contributed by atoms with E-state index in [1.54, 1.807) is 12.1 Å². The van der Waals surface area contributed by atoms with Gasteiger partial charge in [-0.2, -0.15) is 0 Å². The molecule has 1 heterocycles. The maximum Gasteiger partial charge on any atom is 0.500 e. The second-order valence-electron chi connectivity index (χ2n) is 4.67. The van der Waals surface area contributed by atoms with E-state index in [1.165, 1.54) is 6.26 Å². The zero-order valence-electron chi connectivity index (χ0n) is 14.1. The van der Waals surface area contributed by atoms with Crippen LogP contribution in [0, 0.1) is 0 Å². The van der Waals surface area contributed by atoms with Crippen LogP contribution in [0.2, 0.25) is 6.04 Å². The minimum atomic E-state index is -2.64. The monoisotopic (exact) mass is 345 g/mol. The van der Waals surface area contributed by atoms with Crippen LogP contribution in [0.3, 0.4) is 0 Å². The highest BCUT2D eigenvalue weighted by molar-refractivity contribution is 6.60. The van der Waals surface area contributed by atoms with Gasteiger partial charge in [0.15, 0.2) is 6.61 Å². The number of ether oxygens (including phenoxy) is 1. The Kier molecular flexibility index (Phi) is 9.61. The average Bonchev–Trinajstić information content (AvgIpc) is 3.04. The molecule has 7 nitrogen and oxygen atoms in total. The van der Waals surface area contributed by atoms with Crippen LogP contribution in [-0.2, 0) is 24.6 Å². The summed E-state index contributed by atoms with van der Waals surface area (Å²) in [6, 6.07) is 4.15. The third kappa shape index (κ3) is 7.64. The van der Waals surface area contributed by atoms with Gasteiger partial charge in [-0.1, -0.05) is 0 Å². The normalized spacial score (nSPS) is 11.4. The molecule has 1 N–H and O–H groups in total. The largest absolute Gasteiger partial charge is 0.500 e. The molecule has 1 aromatic heterocycles. The van der Waals surface area contributed by atoms with E-state index in [9.17, 15) is 4.79 Å². The molecule has 0 aliphatic carbocycles. The highest BCUT2D eigenvalue weighted by Crippen LogP contribution is 2.17. The van der Waals surface area contributed by atoms with Gasteiger partial charge in [-0.05, 0) is 39.3 Å². The number of amides is 1. The van der Waals surface area contributed by atoms with E-state index in [2.05, 4.69) is 5.32 Å². The summed E-state index contributed by atoms with van der Waals surface area (Å²) in [4.78, 5) is 11.6. The number of carbonyl (C=O) groups is 1. The Bertz CT molecular complexity index is 409. The first-order valence-corrected chi connectivity index (χ1v) is 9.93. The molecule has 1 rings (SSSR count). The average molecular weight is 345 g/mol. The first-order valence-electron chi connectivity index (χ1n) is 8.00. The number of hydrogen-bond donors (Lipinski definition) is 1. The van der Waals surface area contributed by atoms with Crippen LogP contribution in [0.25, 0.3) is 0 Å². The molecular weight excluding hydrogens is 318 g/mol. The Morgan fingerprint density at radius 2 is 1.83 bits per heavy atom. The molecule has 1 amide bonds. The summed E-state index contributed by atoms with van der Waals surface area (Å²) in [7, 11) is -2.64. The molecule has 0 saturated carbocycles. The molecule has 0 aliphatic rings. The van der Waals surface area contributed by atoms with E-state index in [-0.39, 0.29) is 6.61 Å². The topological polar surface area (TPSA) is 79.2 Å². The van der Waals surface area contributed by atoms with E-state index in [1.807, 2.05) is 20.8 Å². The lowest BCUT2D eigenvalue weighted by molar-refractivity contribution is 0.0706. The molecule has 0 fully saturated rings. The van der Waals surface area contributed by atoms with Crippen molar-refractivity contribution in [3.05, 3.63) is 24.2 Å². The maximum atomic E-state index is 11.6. The van der Waals surface area contributed by atoms with Crippen LogP contribution in [0.15, 0.2) is 22.8 Å². The van der Waals surface area contributed by atoms with Crippen LogP contribution >= 0.6 is 0 Å². The summed E-state index contributed by atoms with van der Waals surface area (Å²) in [6.07, 6.45) is 1.76. The first kappa shape index (κ1) is 19.7. The summed E-state index contributed by atoms with van der Waals surface area (Å²) < 4.78 is 27.4. The minimum absolute atomic E-state index is 0.119. The third-order valence-corrected chi connectivity index (χ3v) is 6.10. The second-order valence-corrected chi connectivity index (χ2v) is 7.40. The zero-order chi connectivity index (χ0) is 17.0. The van der Waals surface area contributed by atoms with Crippen molar-refractivity contribution in [1.82, 2.24) is 5.32 Å². The van der Waals surface area contributed by atoms with Gasteiger partial charge in [-0.3, -0.25) is 0 Å². The summed E-state index contributed by atoms with van der Waals surface area (Å²) >= 11 is 0. The lowest BCUT2D eigenvalue weighted by Crippen LogP contribution is -2.46. The third-order valence-electron chi connectivity index (χ3n) is 2.95. The van der Waals surface area contributed by atoms with Gasteiger partial charge in [0.05, 0.1) is 6.26 Å². The molecule has 0 atom stereocenters. The number of carbonyl (C=O) groups excluding carboxylic acids is 1. The van der Waals surface area contributed by atoms with Crippen molar-refractivity contribution in [1.29, 1.82) is 0 Å². The number of rotatable bonds is 12. The smallest absolute Gasteiger partial charge is 0.466 e. The summed E-state index contributed by atoms with van der Waals surface area (Å²) in [5.41, 5.74) is 0. The number of nitrogens with one attached hydrogen (secondary N) is 1. The molecule has 23 heavy (non-hydrogen) atoms. The fraction of sp³-hybridized carbons (Fsp3) is 0.667. The highest BCUT2D eigenvalue weighted by atomic mass is 28.4. The van der Waals surface area contributed by atoms with Crippen molar-refractivity contribution in [2.75, 3.05) is 26.4 Å². The zero-order valence-corrected chi connectivity index (χ0v) is 15.1. The number of alkyl carbamates (subject to hydrolysis) is 1. The quantitative estimate of drug-likeness (QED) is 0.463. The van der Waals surface area contributed by atoms with Gasteiger partial charge in [-0.15, -0.1) is 0 Å². The number of hydrogen-bond acceptors (Lipinski definition) is 6. The van der Waals surface area contributed by atoms with Crippen LogP contribution in [-0.4, -0.2) is 41.3 Å². The van der Waals surface area contributed by atoms with Crippen LogP contribution in [0.1, 0.15) is 33.0 Å². The fourth-order valence-corrected chi connectivity index (χ4v) is 4.69.